The highest BCUT2D eigenvalue weighted by molar-refractivity contribution is 7.98. The molecule has 32 heavy (non-hydrogen) atoms. The molecule has 0 unspecified atom stereocenters. The van der Waals surface area contributed by atoms with Gasteiger partial charge in [-0.15, -0.1) is 22.0 Å². The molecule has 0 bridgehead atoms. The van der Waals surface area contributed by atoms with E-state index in [1.807, 2.05) is 0 Å². The number of furan rings is 1. The summed E-state index contributed by atoms with van der Waals surface area (Å²) < 4.78 is 7.47. The number of nitrogens with zero attached hydrogens (tertiary/aromatic N) is 4. The minimum Gasteiger partial charge on any atom is -0.459 e. The molecule has 3 aromatic rings. The van der Waals surface area contributed by atoms with Gasteiger partial charge in [-0.25, -0.2) is 0 Å². The summed E-state index contributed by atoms with van der Waals surface area (Å²) in [6, 6.07) is 12.0. The van der Waals surface area contributed by atoms with Gasteiger partial charge in [0.05, 0.1) is 12.3 Å². The van der Waals surface area contributed by atoms with Gasteiger partial charge in [-0.1, -0.05) is 26.0 Å². The van der Waals surface area contributed by atoms with E-state index >= 15 is 0 Å². The van der Waals surface area contributed by atoms with Gasteiger partial charge in [-0.2, -0.15) is 0 Å². The number of hydrogen-bond acceptors (Lipinski definition) is 6. The molecule has 0 saturated carbocycles. The summed E-state index contributed by atoms with van der Waals surface area (Å²) in [4.78, 5) is 16.4. The van der Waals surface area contributed by atoms with Gasteiger partial charge in [-0.05, 0) is 48.4 Å². The van der Waals surface area contributed by atoms with Gasteiger partial charge in [0.15, 0.2) is 11.6 Å². The molecule has 1 N–H and O–H groups in total. The zero-order valence-electron chi connectivity index (χ0n) is 19.0. The largest absolute Gasteiger partial charge is 0.459 e. The van der Waals surface area contributed by atoms with E-state index in [1.165, 1.54) is 16.7 Å². The number of carbonyl (C=O) groups is 1. The predicted octanol–water partition coefficient (Wildman–Crippen LogP) is 4.17. The topological polar surface area (TPSA) is 76.2 Å². The molecule has 0 fully saturated rings. The number of hydrogen-bond donors (Lipinski definition) is 1. The summed E-state index contributed by atoms with van der Waals surface area (Å²) in [6.45, 7) is 7.89. The Kier molecular flexibility index (Phi) is 7.32. The summed E-state index contributed by atoms with van der Waals surface area (Å²) >= 11 is 1.76. The first kappa shape index (κ1) is 22.6. The smallest absolute Gasteiger partial charge is 0.287 e. The number of aromatic nitrogens is 3. The van der Waals surface area contributed by atoms with Crippen molar-refractivity contribution in [2.75, 3.05) is 19.3 Å². The van der Waals surface area contributed by atoms with Crippen LogP contribution in [-0.2, 0) is 19.5 Å². The van der Waals surface area contributed by atoms with E-state index < -0.39 is 0 Å². The van der Waals surface area contributed by atoms with Crippen LogP contribution in [0.2, 0.25) is 0 Å². The van der Waals surface area contributed by atoms with E-state index in [9.17, 15) is 4.79 Å². The number of fused-ring (bicyclic) bond motifs is 1. The molecular weight excluding hydrogens is 422 g/mol. The van der Waals surface area contributed by atoms with Crippen molar-refractivity contribution in [3.63, 3.8) is 0 Å². The molecule has 0 radical (unpaired) electrons. The number of amides is 1. The molecule has 1 atom stereocenters. The number of thioether (sulfide) groups is 1. The van der Waals surface area contributed by atoms with Crippen LogP contribution in [0.25, 0.3) is 0 Å². The highest BCUT2D eigenvalue weighted by atomic mass is 32.2. The molecule has 1 aliphatic rings. The average molecular weight is 454 g/mol. The molecule has 170 valence electrons. The molecule has 3 heterocycles. The third kappa shape index (κ3) is 5.42. The SMILES string of the molecule is CSc1ccc(CN2CCc3nnc([C@H](CC(C)C)NC(=O)c4ccco4)n3CC2)cc1. The summed E-state index contributed by atoms with van der Waals surface area (Å²) in [5.41, 5.74) is 1.32. The monoisotopic (exact) mass is 453 g/mol. The Morgan fingerprint density at radius 3 is 2.66 bits per heavy atom. The van der Waals surface area contributed by atoms with E-state index in [2.05, 4.69) is 69.3 Å². The summed E-state index contributed by atoms with van der Waals surface area (Å²) in [5, 5.41) is 12.1. The lowest BCUT2D eigenvalue weighted by Gasteiger charge is -2.22. The number of nitrogens with one attached hydrogen (secondary N) is 1. The first-order valence-electron chi connectivity index (χ1n) is 11.1. The van der Waals surface area contributed by atoms with Crippen LogP contribution < -0.4 is 5.32 Å². The Balaban J connectivity index is 1.47. The second kappa shape index (κ2) is 10.4. The van der Waals surface area contributed by atoms with E-state index in [0.29, 0.717) is 11.7 Å². The maximum absolute atomic E-state index is 12.7. The lowest BCUT2D eigenvalue weighted by atomic mass is 10.0. The summed E-state index contributed by atoms with van der Waals surface area (Å²) in [5.74, 6) is 2.31. The highest BCUT2D eigenvalue weighted by Gasteiger charge is 2.27. The van der Waals surface area contributed by atoms with Gasteiger partial charge >= 0.3 is 0 Å². The Hall–Kier alpha value is -2.58. The van der Waals surface area contributed by atoms with Crippen molar-refractivity contribution in [3.8, 4) is 0 Å². The van der Waals surface area contributed by atoms with Crippen LogP contribution in [0, 0.1) is 5.92 Å². The molecule has 0 saturated heterocycles. The van der Waals surface area contributed by atoms with Crippen molar-refractivity contribution in [2.24, 2.45) is 5.92 Å². The Morgan fingerprint density at radius 2 is 1.97 bits per heavy atom. The van der Waals surface area contributed by atoms with E-state index in [4.69, 9.17) is 4.42 Å². The van der Waals surface area contributed by atoms with Gasteiger partial charge in [0.25, 0.3) is 5.91 Å². The summed E-state index contributed by atoms with van der Waals surface area (Å²) in [6.07, 6.45) is 5.24. The fraction of sp³-hybridized carbons (Fsp3) is 0.458. The quantitative estimate of drug-likeness (QED) is 0.516. The summed E-state index contributed by atoms with van der Waals surface area (Å²) in [7, 11) is 0. The second-order valence-electron chi connectivity index (χ2n) is 8.63. The van der Waals surface area contributed by atoms with Crippen molar-refractivity contribution in [3.05, 3.63) is 65.6 Å². The van der Waals surface area contributed by atoms with Crippen LogP contribution in [0.5, 0.6) is 0 Å². The first-order chi connectivity index (χ1) is 15.5. The van der Waals surface area contributed by atoms with Crippen molar-refractivity contribution in [2.45, 2.75) is 50.7 Å². The molecule has 0 spiro atoms. The van der Waals surface area contributed by atoms with Crippen LogP contribution in [0.3, 0.4) is 0 Å². The van der Waals surface area contributed by atoms with Gasteiger partial charge < -0.3 is 14.3 Å². The minimum absolute atomic E-state index is 0.209. The number of benzene rings is 1. The van der Waals surface area contributed by atoms with Crippen LogP contribution in [-0.4, -0.2) is 44.9 Å². The van der Waals surface area contributed by atoms with Crippen molar-refractivity contribution >= 4 is 17.7 Å². The van der Waals surface area contributed by atoms with E-state index in [1.54, 1.807) is 23.9 Å². The standard InChI is InChI=1S/C24H31N5O2S/c1-17(2)15-20(25-24(30)21-5-4-14-31-21)23-27-26-22-10-11-28(12-13-29(22)23)16-18-6-8-19(32-3)9-7-18/h4-9,14,17,20H,10-13,15-16H2,1-3H3,(H,25,30)/t20-/m0/s1. The Morgan fingerprint density at radius 1 is 1.16 bits per heavy atom. The van der Waals surface area contributed by atoms with Crippen LogP contribution in [0.1, 0.15) is 54.1 Å². The molecule has 7 nitrogen and oxygen atoms in total. The highest BCUT2D eigenvalue weighted by Crippen LogP contribution is 2.23. The maximum Gasteiger partial charge on any atom is 0.287 e. The third-order valence-electron chi connectivity index (χ3n) is 5.78. The molecule has 2 aromatic heterocycles. The van der Waals surface area contributed by atoms with Gasteiger partial charge in [0, 0.05) is 37.5 Å². The van der Waals surface area contributed by atoms with Crippen LogP contribution >= 0.6 is 11.8 Å². The minimum atomic E-state index is -0.220. The van der Waals surface area contributed by atoms with Crippen molar-refractivity contribution in [1.82, 2.24) is 25.0 Å². The molecular formula is C24H31N5O2S. The number of carbonyl (C=O) groups excluding carboxylic acids is 1. The lowest BCUT2D eigenvalue weighted by molar-refractivity contribution is 0.0900. The van der Waals surface area contributed by atoms with Gasteiger partial charge in [-0.3, -0.25) is 9.69 Å². The zero-order chi connectivity index (χ0) is 22.5. The Bertz CT molecular complexity index is 1010. The molecule has 8 heteroatoms. The normalized spacial score (nSPS) is 15.4. The maximum atomic E-state index is 12.7. The van der Waals surface area contributed by atoms with Gasteiger partial charge in [0.1, 0.15) is 5.82 Å². The van der Waals surface area contributed by atoms with Crippen molar-refractivity contribution < 1.29 is 9.21 Å². The van der Waals surface area contributed by atoms with Crippen LogP contribution in [0.15, 0.2) is 52.0 Å². The van der Waals surface area contributed by atoms with Crippen molar-refractivity contribution in [1.29, 1.82) is 0 Å². The molecule has 1 aliphatic heterocycles. The second-order valence-corrected chi connectivity index (χ2v) is 9.51. The Labute approximate surface area is 193 Å². The van der Waals surface area contributed by atoms with E-state index in [0.717, 1.165) is 50.7 Å². The van der Waals surface area contributed by atoms with Gasteiger partial charge in [0.2, 0.25) is 0 Å². The van der Waals surface area contributed by atoms with Crippen LogP contribution in [0.4, 0.5) is 0 Å². The fourth-order valence-electron chi connectivity index (χ4n) is 4.13. The number of rotatable bonds is 8. The predicted molar refractivity (Wildman–Crippen MR) is 126 cm³/mol. The first-order valence-corrected chi connectivity index (χ1v) is 12.4. The average Bonchev–Trinajstić information content (AvgIpc) is 3.42. The van der Waals surface area contributed by atoms with E-state index in [-0.39, 0.29) is 11.9 Å². The zero-order valence-corrected chi connectivity index (χ0v) is 19.8. The molecule has 1 aromatic carbocycles. The molecule has 0 aliphatic carbocycles. The third-order valence-corrected chi connectivity index (χ3v) is 6.53. The lowest BCUT2D eigenvalue weighted by Crippen LogP contribution is -2.32. The molecule has 1 amide bonds. The molecule has 4 rings (SSSR count). The fourth-order valence-corrected chi connectivity index (χ4v) is 4.54.